The number of rotatable bonds is 6. The number of aliphatic hydroxyl groups is 1. The highest BCUT2D eigenvalue weighted by Gasteiger charge is 2.06. The summed E-state index contributed by atoms with van der Waals surface area (Å²) < 4.78 is 0. The van der Waals surface area contributed by atoms with Gasteiger partial charge in [-0.15, -0.1) is 0 Å². The summed E-state index contributed by atoms with van der Waals surface area (Å²) in [6, 6.07) is 4.34. The fourth-order valence-electron chi connectivity index (χ4n) is 1.45. The highest BCUT2D eigenvalue weighted by Crippen LogP contribution is 2.10. The number of hydrogen-bond acceptors (Lipinski definition) is 3. The van der Waals surface area contributed by atoms with E-state index in [1.165, 1.54) is 5.56 Å². The van der Waals surface area contributed by atoms with Crippen molar-refractivity contribution in [3.8, 4) is 0 Å². The van der Waals surface area contributed by atoms with Gasteiger partial charge in [0, 0.05) is 25.0 Å². The van der Waals surface area contributed by atoms with Crippen LogP contribution >= 0.6 is 0 Å². The van der Waals surface area contributed by atoms with E-state index in [9.17, 15) is 0 Å². The minimum Gasteiger partial charge on any atom is -0.396 e. The maximum absolute atomic E-state index is 8.78. The van der Waals surface area contributed by atoms with Crippen molar-refractivity contribution in [1.29, 1.82) is 0 Å². The van der Waals surface area contributed by atoms with E-state index in [1.54, 1.807) is 6.20 Å². The Hall–Kier alpha value is -0.930. The maximum Gasteiger partial charge on any atom is 0.0434 e. The lowest BCUT2D eigenvalue weighted by molar-refractivity contribution is 0.258. The Morgan fingerprint density at radius 1 is 1.47 bits per heavy atom. The van der Waals surface area contributed by atoms with Gasteiger partial charge in [0.1, 0.15) is 0 Å². The van der Waals surface area contributed by atoms with Crippen LogP contribution < -0.4 is 5.32 Å². The Balaban J connectivity index is 2.33. The molecule has 1 heterocycles. The molecule has 0 aliphatic rings. The van der Waals surface area contributed by atoms with E-state index in [2.05, 4.69) is 30.2 Å². The molecule has 0 aliphatic heterocycles. The van der Waals surface area contributed by atoms with E-state index in [0.29, 0.717) is 12.0 Å². The van der Waals surface area contributed by atoms with Crippen molar-refractivity contribution in [2.24, 2.45) is 5.92 Å². The van der Waals surface area contributed by atoms with Crippen molar-refractivity contribution >= 4 is 0 Å². The molecule has 0 bridgehead atoms. The molecular formula is C12H20N2O. The number of aliphatic hydroxyl groups excluding tert-OH is 1. The Morgan fingerprint density at radius 2 is 2.27 bits per heavy atom. The second-order valence-electron chi connectivity index (χ2n) is 4.03. The highest BCUT2D eigenvalue weighted by atomic mass is 16.3. The Labute approximate surface area is 91.5 Å². The number of hydrogen-bond donors (Lipinski definition) is 2. The van der Waals surface area contributed by atoms with E-state index in [4.69, 9.17) is 5.11 Å². The summed E-state index contributed by atoms with van der Waals surface area (Å²) in [5.74, 6) is 0.508. The molecule has 0 aliphatic carbocycles. The average Bonchev–Trinajstić information content (AvgIpc) is 2.27. The standard InChI is InChI=1S/C12H20N2O/c1-10(5-7-15)8-14-11(2)12-4-3-6-13-9-12/h3-4,6,9-11,14-15H,5,7-8H2,1-2H3. The van der Waals surface area contributed by atoms with Gasteiger partial charge >= 0.3 is 0 Å². The van der Waals surface area contributed by atoms with Gasteiger partial charge in [0.05, 0.1) is 0 Å². The molecule has 84 valence electrons. The van der Waals surface area contributed by atoms with E-state index in [1.807, 2.05) is 12.3 Å². The molecule has 0 fully saturated rings. The van der Waals surface area contributed by atoms with Crippen LogP contribution in [0.15, 0.2) is 24.5 Å². The first-order chi connectivity index (χ1) is 7.24. The van der Waals surface area contributed by atoms with Crippen LogP contribution in [0.2, 0.25) is 0 Å². The van der Waals surface area contributed by atoms with Crippen LogP contribution in [0.25, 0.3) is 0 Å². The van der Waals surface area contributed by atoms with E-state index in [-0.39, 0.29) is 6.61 Å². The summed E-state index contributed by atoms with van der Waals surface area (Å²) in [6.45, 7) is 5.46. The predicted molar refractivity (Wildman–Crippen MR) is 61.5 cm³/mol. The van der Waals surface area contributed by atoms with Crippen molar-refractivity contribution in [2.45, 2.75) is 26.3 Å². The minimum absolute atomic E-state index is 0.268. The van der Waals surface area contributed by atoms with Crippen molar-refractivity contribution in [1.82, 2.24) is 10.3 Å². The zero-order chi connectivity index (χ0) is 11.1. The van der Waals surface area contributed by atoms with Crippen LogP contribution in [-0.4, -0.2) is 23.2 Å². The van der Waals surface area contributed by atoms with Crippen LogP contribution in [0.3, 0.4) is 0 Å². The van der Waals surface area contributed by atoms with Gasteiger partial charge < -0.3 is 10.4 Å². The molecule has 0 saturated heterocycles. The molecule has 0 amide bonds. The maximum atomic E-state index is 8.78. The first-order valence-electron chi connectivity index (χ1n) is 5.48. The van der Waals surface area contributed by atoms with Crippen LogP contribution in [0.5, 0.6) is 0 Å². The fraction of sp³-hybridized carbons (Fsp3) is 0.583. The normalized spacial score (nSPS) is 14.9. The van der Waals surface area contributed by atoms with E-state index < -0.39 is 0 Å². The van der Waals surface area contributed by atoms with Crippen molar-refractivity contribution in [2.75, 3.05) is 13.2 Å². The second-order valence-corrected chi connectivity index (χ2v) is 4.03. The monoisotopic (exact) mass is 208 g/mol. The number of nitrogens with one attached hydrogen (secondary N) is 1. The van der Waals surface area contributed by atoms with Crippen LogP contribution in [0.4, 0.5) is 0 Å². The molecule has 3 nitrogen and oxygen atoms in total. The van der Waals surface area contributed by atoms with Crippen LogP contribution in [0.1, 0.15) is 31.9 Å². The molecule has 1 aromatic rings. The van der Waals surface area contributed by atoms with E-state index in [0.717, 1.165) is 13.0 Å². The largest absolute Gasteiger partial charge is 0.396 e. The van der Waals surface area contributed by atoms with Crippen molar-refractivity contribution in [3.63, 3.8) is 0 Å². The van der Waals surface area contributed by atoms with Gasteiger partial charge in [0.2, 0.25) is 0 Å². The SMILES string of the molecule is CC(CCO)CNC(C)c1cccnc1. The molecule has 1 aromatic heterocycles. The lowest BCUT2D eigenvalue weighted by Crippen LogP contribution is -2.25. The number of nitrogens with zero attached hydrogens (tertiary/aromatic N) is 1. The molecule has 2 N–H and O–H groups in total. The zero-order valence-electron chi connectivity index (χ0n) is 9.48. The highest BCUT2D eigenvalue weighted by molar-refractivity contribution is 5.12. The average molecular weight is 208 g/mol. The summed E-state index contributed by atoms with van der Waals surface area (Å²) in [5, 5.41) is 12.2. The predicted octanol–water partition coefficient (Wildman–Crippen LogP) is 1.75. The summed E-state index contributed by atoms with van der Waals surface area (Å²) in [7, 11) is 0. The first-order valence-corrected chi connectivity index (χ1v) is 5.48. The Morgan fingerprint density at radius 3 is 2.87 bits per heavy atom. The Bertz CT molecular complexity index is 264. The molecule has 0 spiro atoms. The van der Waals surface area contributed by atoms with Gasteiger partial charge in [-0.3, -0.25) is 4.98 Å². The summed E-state index contributed by atoms with van der Waals surface area (Å²) >= 11 is 0. The van der Waals surface area contributed by atoms with Gasteiger partial charge in [-0.05, 0) is 37.4 Å². The molecule has 2 unspecified atom stereocenters. The van der Waals surface area contributed by atoms with Gasteiger partial charge in [0.25, 0.3) is 0 Å². The number of pyridine rings is 1. The third-order valence-electron chi connectivity index (χ3n) is 2.58. The molecule has 0 radical (unpaired) electrons. The summed E-state index contributed by atoms with van der Waals surface area (Å²) in [4.78, 5) is 4.09. The minimum atomic E-state index is 0.268. The molecule has 0 aromatic carbocycles. The summed E-state index contributed by atoms with van der Waals surface area (Å²) in [5.41, 5.74) is 1.20. The molecule has 3 heteroatoms. The van der Waals surface area contributed by atoms with Gasteiger partial charge in [-0.2, -0.15) is 0 Å². The molecule has 1 rings (SSSR count). The van der Waals surface area contributed by atoms with Crippen LogP contribution in [0, 0.1) is 5.92 Å². The first kappa shape index (κ1) is 12.1. The molecule has 0 saturated carbocycles. The van der Waals surface area contributed by atoms with Crippen molar-refractivity contribution < 1.29 is 5.11 Å². The quantitative estimate of drug-likeness (QED) is 0.748. The molecular weight excluding hydrogens is 188 g/mol. The third-order valence-corrected chi connectivity index (χ3v) is 2.58. The Kier molecular flexibility index (Phi) is 5.29. The smallest absolute Gasteiger partial charge is 0.0434 e. The molecule has 15 heavy (non-hydrogen) atoms. The van der Waals surface area contributed by atoms with Gasteiger partial charge in [-0.25, -0.2) is 0 Å². The van der Waals surface area contributed by atoms with Crippen LogP contribution in [-0.2, 0) is 0 Å². The van der Waals surface area contributed by atoms with Crippen molar-refractivity contribution in [3.05, 3.63) is 30.1 Å². The van der Waals surface area contributed by atoms with E-state index >= 15 is 0 Å². The number of aromatic nitrogens is 1. The summed E-state index contributed by atoms with van der Waals surface area (Å²) in [6.07, 6.45) is 4.52. The topological polar surface area (TPSA) is 45.1 Å². The zero-order valence-corrected chi connectivity index (χ0v) is 9.48. The lowest BCUT2D eigenvalue weighted by atomic mass is 10.1. The molecule has 2 atom stereocenters. The van der Waals surface area contributed by atoms with Gasteiger partial charge in [-0.1, -0.05) is 13.0 Å². The fourth-order valence-corrected chi connectivity index (χ4v) is 1.45. The van der Waals surface area contributed by atoms with Gasteiger partial charge in [0.15, 0.2) is 0 Å². The third kappa shape index (κ3) is 4.40. The second kappa shape index (κ2) is 6.53. The lowest BCUT2D eigenvalue weighted by Gasteiger charge is -2.17.